The predicted molar refractivity (Wildman–Crippen MR) is 70.6 cm³/mol. The molecule has 0 aliphatic heterocycles. The lowest BCUT2D eigenvalue weighted by Crippen LogP contribution is -2.14. The van der Waals surface area contributed by atoms with Crippen LogP contribution in [0.4, 0.5) is 0 Å². The van der Waals surface area contributed by atoms with Crippen LogP contribution in [0.25, 0.3) is 10.8 Å². The van der Waals surface area contributed by atoms with E-state index in [0.717, 1.165) is 17.2 Å². The normalized spacial score (nSPS) is 11.9. The van der Waals surface area contributed by atoms with Crippen LogP contribution in [0, 0.1) is 0 Å². The van der Waals surface area contributed by atoms with Crippen molar-refractivity contribution in [1.29, 1.82) is 0 Å². The lowest BCUT2D eigenvalue weighted by atomic mass is 9.81. The molecule has 17 heavy (non-hydrogen) atoms. The fourth-order valence-electron chi connectivity index (χ4n) is 1.90. The Labute approximate surface area is 102 Å². The van der Waals surface area contributed by atoms with Crippen LogP contribution in [0.15, 0.2) is 30.3 Å². The van der Waals surface area contributed by atoms with Crippen molar-refractivity contribution in [1.82, 2.24) is 0 Å². The molecular weight excluding hydrogens is 212 g/mol. The summed E-state index contributed by atoms with van der Waals surface area (Å²) in [7, 11) is 0. The molecule has 0 aliphatic carbocycles. The van der Waals surface area contributed by atoms with Crippen molar-refractivity contribution in [3.63, 3.8) is 0 Å². The Bertz CT molecular complexity index is 556. The Morgan fingerprint density at radius 1 is 0.941 bits per heavy atom. The maximum absolute atomic E-state index is 9.52. The Balaban J connectivity index is 2.62. The van der Waals surface area contributed by atoms with E-state index in [9.17, 15) is 10.2 Å². The van der Waals surface area contributed by atoms with Gasteiger partial charge in [-0.15, -0.1) is 0 Å². The number of phenols is 2. The fraction of sp³-hybridized carbons (Fsp3) is 0.333. The molecule has 2 aromatic carbocycles. The van der Waals surface area contributed by atoms with E-state index in [4.69, 9.17) is 0 Å². The minimum absolute atomic E-state index is 0.0658. The summed E-state index contributed by atoms with van der Waals surface area (Å²) in [4.78, 5) is 0. The second kappa shape index (κ2) is 3.95. The molecule has 90 valence electrons. The number of benzene rings is 2. The van der Waals surface area contributed by atoms with Crippen LogP contribution in [-0.4, -0.2) is 10.2 Å². The van der Waals surface area contributed by atoms with Gasteiger partial charge in [-0.05, 0) is 40.3 Å². The molecule has 0 saturated heterocycles. The van der Waals surface area contributed by atoms with Gasteiger partial charge in [0.25, 0.3) is 0 Å². The smallest absolute Gasteiger partial charge is 0.158 e. The fourth-order valence-corrected chi connectivity index (χ4v) is 1.90. The first kappa shape index (κ1) is 11.8. The Kier molecular flexibility index (Phi) is 2.74. The Morgan fingerprint density at radius 3 is 2.12 bits per heavy atom. The van der Waals surface area contributed by atoms with Crippen LogP contribution >= 0.6 is 0 Å². The van der Waals surface area contributed by atoms with Crippen LogP contribution in [-0.2, 0) is 5.41 Å². The molecule has 0 fully saturated rings. The van der Waals surface area contributed by atoms with Gasteiger partial charge < -0.3 is 10.2 Å². The van der Waals surface area contributed by atoms with Gasteiger partial charge in [-0.25, -0.2) is 0 Å². The number of hydrogen-bond donors (Lipinski definition) is 2. The van der Waals surface area contributed by atoms with E-state index in [1.165, 1.54) is 5.56 Å². The van der Waals surface area contributed by atoms with E-state index in [2.05, 4.69) is 32.9 Å². The molecule has 0 heterocycles. The van der Waals surface area contributed by atoms with E-state index < -0.39 is 0 Å². The maximum Gasteiger partial charge on any atom is 0.158 e. The number of phenolic OH excluding ortho intramolecular Hbond substituents is 2. The lowest BCUT2D eigenvalue weighted by molar-refractivity contribution is 0.405. The summed E-state index contributed by atoms with van der Waals surface area (Å²) in [5.41, 5.74) is 1.37. The average molecular weight is 230 g/mol. The highest BCUT2D eigenvalue weighted by molar-refractivity contribution is 5.86. The van der Waals surface area contributed by atoms with Crippen LogP contribution in [0.1, 0.15) is 32.8 Å². The molecule has 0 aromatic heterocycles. The van der Waals surface area contributed by atoms with Crippen LogP contribution < -0.4 is 0 Å². The average Bonchev–Trinajstić information content (AvgIpc) is 2.30. The van der Waals surface area contributed by atoms with Crippen molar-refractivity contribution in [2.45, 2.75) is 32.6 Å². The third kappa shape index (κ3) is 2.07. The minimum atomic E-state index is -0.0694. The molecule has 0 bridgehead atoms. The standard InChI is InChI=1S/C15H18O2/c1-4-15(2,3)12-6-5-10-8-13(16)14(17)9-11(10)7-12/h5-9,16-17H,4H2,1-3H3. The van der Waals surface area contributed by atoms with Gasteiger partial charge in [0.05, 0.1) is 0 Å². The zero-order valence-electron chi connectivity index (χ0n) is 10.5. The minimum Gasteiger partial charge on any atom is -0.504 e. The molecule has 2 rings (SSSR count). The van der Waals surface area contributed by atoms with E-state index in [0.29, 0.717) is 0 Å². The van der Waals surface area contributed by atoms with Crippen molar-refractivity contribution in [3.8, 4) is 11.5 Å². The van der Waals surface area contributed by atoms with Crippen LogP contribution in [0.5, 0.6) is 11.5 Å². The van der Waals surface area contributed by atoms with Gasteiger partial charge >= 0.3 is 0 Å². The predicted octanol–water partition coefficient (Wildman–Crippen LogP) is 3.94. The van der Waals surface area contributed by atoms with Gasteiger partial charge in [0.2, 0.25) is 0 Å². The Morgan fingerprint density at radius 2 is 1.53 bits per heavy atom. The number of rotatable bonds is 2. The van der Waals surface area contributed by atoms with E-state index in [1.807, 2.05) is 6.07 Å². The first-order valence-electron chi connectivity index (χ1n) is 5.90. The Hall–Kier alpha value is -1.70. The van der Waals surface area contributed by atoms with Crippen LogP contribution in [0.2, 0.25) is 0 Å². The van der Waals surface area contributed by atoms with Crippen LogP contribution in [0.3, 0.4) is 0 Å². The summed E-state index contributed by atoms with van der Waals surface area (Å²) in [6.45, 7) is 6.57. The van der Waals surface area contributed by atoms with Gasteiger partial charge in [0.15, 0.2) is 11.5 Å². The zero-order chi connectivity index (χ0) is 12.6. The summed E-state index contributed by atoms with van der Waals surface area (Å²) < 4.78 is 0. The van der Waals surface area contributed by atoms with Crippen molar-refractivity contribution >= 4 is 10.8 Å². The summed E-state index contributed by atoms with van der Waals surface area (Å²) in [6.07, 6.45) is 1.06. The van der Waals surface area contributed by atoms with Crippen molar-refractivity contribution in [2.24, 2.45) is 0 Å². The molecule has 2 aromatic rings. The van der Waals surface area contributed by atoms with E-state index in [1.54, 1.807) is 12.1 Å². The van der Waals surface area contributed by atoms with Gasteiger partial charge in [0.1, 0.15) is 0 Å². The quantitative estimate of drug-likeness (QED) is 0.767. The van der Waals surface area contributed by atoms with Gasteiger partial charge in [-0.1, -0.05) is 39.0 Å². The molecular formula is C15H18O2. The summed E-state index contributed by atoms with van der Waals surface area (Å²) >= 11 is 0. The van der Waals surface area contributed by atoms with Gasteiger partial charge in [-0.2, -0.15) is 0 Å². The summed E-state index contributed by atoms with van der Waals surface area (Å²) in [5, 5.41) is 20.9. The third-order valence-electron chi connectivity index (χ3n) is 3.60. The zero-order valence-corrected chi connectivity index (χ0v) is 10.5. The second-order valence-corrected chi connectivity index (χ2v) is 5.14. The third-order valence-corrected chi connectivity index (χ3v) is 3.60. The molecule has 0 atom stereocenters. The highest BCUT2D eigenvalue weighted by Gasteiger charge is 2.18. The second-order valence-electron chi connectivity index (χ2n) is 5.14. The topological polar surface area (TPSA) is 40.5 Å². The first-order valence-corrected chi connectivity index (χ1v) is 5.90. The molecule has 2 nitrogen and oxygen atoms in total. The molecule has 0 aliphatic rings. The molecule has 0 unspecified atom stereocenters. The lowest BCUT2D eigenvalue weighted by Gasteiger charge is -2.23. The molecule has 0 radical (unpaired) electrons. The van der Waals surface area contributed by atoms with E-state index >= 15 is 0 Å². The molecule has 0 amide bonds. The van der Waals surface area contributed by atoms with Crippen molar-refractivity contribution < 1.29 is 10.2 Å². The summed E-state index contributed by atoms with van der Waals surface area (Å²) in [6, 6.07) is 9.36. The highest BCUT2D eigenvalue weighted by atomic mass is 16.3. The van der Waals surface area contributed by atoms with Crippen molar-refractivity contribution in [3.05, 3.63) is 35.9 Å². The molecule has 2 N–H and O–H groups in total. The highest BCUT2D eigenvalue weighted by Crippen LogP contribution is 2.34. The van der Waals surface area contributed by atoms with Crippen molar-refractivity contribution in [2.75, 3.05) is 0 Å². The number of hydrogen-bond acceptors (Lipinski definition) is 2. The first-order chi connectivity index (χ1) is 7.94. The van der Waals surface area contributed by atoms with E-state index in [-0.39, 0.29) is 16.9 Å². The molecule has 2 heteroatoms. The van der Waals surface area contributed by atoms with Gasteiger partial charge in [0, 0.05) is 0 Å². The largest absolute Gasteiger partial charge is 0.504 e. The van der Waals surface area contributed by atoms with Gasteiger partial charge in [-0.3, -0.25) is 0 Å². The summed E-state index contributed by atoms with van der Waals surface area (Å²) in [5.74, 6) is -0.135. The maximum atomic E-state index is 9.52. The monoisotopic (exact) mass is 230 g/mol. The number of fused-ring (bicyclic) bond motifs is 1. The molecule has 0 spiro atoms. The number of aromatic hydroxyl groups is 2. The SMILES string of the molecule is CCC(C)(C)c1ccc2cc(O)c(O)cc2c1. The molecule has 0 saturated carbocycles.